The van der Waals surface area contributed by atoms with Gasteiger partial charge in [-0.3, -0.25) is 19.3 Å². The molecule has 8 heteroatoms. The van der Waals surface area contributed by atoms with Crippen LogP contribution in [0, 0.1) is 0 Å². The van der Waals surface area contributed by atoms with Gasteiger partial charge < -0.3 is 10.1 Å². The minimum atomic E-state index is -0.576. The van der Waals surface area contributed by atoms with Crippen LogP contribution in [0.3, 0.4) is 0 Å². The van der Waals surface area contributed by atoms with Gasteiger partial charge in [-0.05, 0) is 23.6 Å². The number of ether oxygens (including phenoxy) is 1. The second-order valence-electron chi connectivity index (χ2n) is 4.95. The standard InChI is InChI=1S/C16H12N2O5S/c1-23-16(22)13-11(6-7-24-13)17-12(19)8-18-14(20)9-4-2-3-5-10(9)15(18)21/h2-7H,8H2,1H3,(H,17,19). The van der Waals surface area contributed by atoms with E-state index in [1.165, 1.54) is 7.11 Å². The highest BCUT2D eigenvalue weighted by Crippen LogP contribution is 2.24. The van der Waals surface area contributed by atoms with Crippen LogP contribution >= 0.6 is 11.3 Å². The van der Waals surface area contributed by atoms with Crippen LogP contribution in [0.25, 0.3) is 0 Å². The highest BCUT2D eigenvalue weighted by molar-refractivity contribution is 7.12. The molecule has 0 aliphatic carbocycles. The van der Waals surface area contributed by atoms with E-state index in [4.69, 9.17) is 0 Å². The Morgan fingerprint density at radius 1 is 1.12 bits per heavy atom. The minimum Gasteiger partial charge on any atom is -0.465 e. The summed E-state index contributed by atoms with van der Waals surface area (Å²) in [5.41, 5.74) is 0.843. The maximum absolute atomic E-state index is 12.2. The van der Waals surface area contributed by atoms with E-state index < -0.39 is 30.2 Å². The second kappa shape index (κ2) is 6.25. The third-order valence-corrected chi connectivity index (χ3v) is 4.38. The van der Waals surface area contributed by atoms with Gasteiger partial charge in [0, 0.05) is 0 Å². The molecular weight excluding hydrogens is 332 g/mol. The van der Waals surface area contributed by atoms with Crippen LogP contribution in [0.2, 0.25) is 0 Å². The first-order valence-corrected chi connectivity index (χ1v) is 7.81. The topological polar surface area (TPSA) is 92.8 Å². The molecule has 0 fully saturated rings. The van der Waals surface area contributed by atoms with Crippen LogP contribution in [0.15, 0.2) is 35.7 Å². The first-order valence-electron chi connectivity index (χ1n) is 6.94. The number of hydrogen-bond donors (Lipinski definition) is 1. The van der Waals surface area contributed by atoms with E-state index in [-0.39, 0.29) is 21.7 Å². The molecule has 1 aromatic carbocycles. The molecule has 2 aromatic rings. The molecule has 0 spiro atoms. The lowest BCUT2D eigenvalue weighted by Gasteiger charge is -2.13. The number of fused-ring (bicyclic) bond motifs is 1. The maximum Gasteiger partial charge on any atom is 0.350 e. The van der Waals surface area contributed by atoms with E-state index >= 15 is 0 Å². The fraction of sp³-hybridized carbons (Fsp3) is 0.125. The fourth-order valence-electron chi connectivity index (χ4n) is 2.37. The van der Waals surface area contributed by atoms with Crippen molar-refractivity contribution in [1.82, 2.24) is 4.90 Å². The van der Waals surface area contributed by atoms with E-state index in [9.17, 15) is 19.2 Å². The molecule has 0 radical (unpaired) electrons. The van der Waals surface area contributed by atoms with Gasteiger partial charge in [-0.15, -0.1) is 11.3 Å². The molecule has 122 valence electrons. The average molecular weight is 344 g/mol. The first kappa shape index (κ1) is 15.9. The number of nitrogens with zero attached hydrogens (tertiary/aromatic N) is 1. The van der Waals surface area contributed by atoms with Gasteiger partial charge in [0.2, 0.25) is 5.91 Å². The average Bonchev–Trinajstić information content (AvgIpc) is 3.13. The number of rotatable bonds is 4. The number of carbonyl (C=O) groups excluding carboxylic acids is 4. The van der Waals surface area contributed by atoms with Crippen LogP contribution < -0.4 is 5.32 Å². The Hall–Kier alpha value is -3.00. The lowest BCUT2D eigenvalue weighted by molar-refractivity contribution is -0.116. The number of benzene rings is 1. The minimum absolute atomic E-state index is 0.244. The zero-order valence-corrected chi connectivity index (χ0v) is 13.4. The monoisotopic (exact) mass is 344 g/mol. The molecule has 1 aliphatic rings. The van der Waals surface area contributed by atoms with E-state index in [0.717, 1.165) is 16.2 Å². The molecule has 3 rings (SSSR count). The smallest absolute Gasteiger partial charge is 0.350 e. The first-order chi connectivity index (χ1) is 11.5. The van der Waals surface area contributed by atoms with Crippen molar-refractivity contribution in [3.63, 3.8) is 0 Å². The van der Waals surface area contributed by atoms with Gasteiger partial charge in [-0.1, -0.05) is 12.1 Å². The van der Waals surface area contributed by atoms with E-state index in [1.54, 1.807) is 35.7 Å². The molecule has 1 aliphatic heterocycles. The van der Waals surface area contributed by atoms with Crippen molar-refractivity contribution in [3.05, 3.63) is 51.7 Å². The number of thiophene rings is 1. The Morgan fingerprint density at radius 3 is 2.33 bits per heavy atom. The molecule has 3 amide bonds. The summed E-state index contributed by atoms with van der Waals surface area (Å²) in [6.07, 6.45) is 0. The van der Waals surface area contributed by atoms with Crippen LogP contribution in [0.4, 0.5) is 5.69 Å². The van der Waals surface area contributed by atoms with E-state index in [2.05, 4.69) is 10.1 Å². The molecule has 0 unspecified atom stereocenters. The number of methoxy groups -OCH3 is 1. The van der Waals surface area contributed by atoms with Crippen LogP contribution in [-0.2, 0) is 9.53 Å². The molecule has 1 N–H and O–H groups in total. The lowest BCUT2D eigenvalue weighted by atomic mass is 10.1. The number of esters is 1. The zero-order valence-electron chi connectivity index (χ0n) is 12.6. The molecule has 0 atom stereocenters. The Labute approximate surface area is 140 Å². The number of amides is 3. The lowest BCUT2D eigenvalue weighted by Crippen LogP contribution is -2.37. The number of anilines is 1. The van der Waals surface area contributed by atoms with Crippen molar-refractivity contribution in [1.29, 1.82) is 0 Å². The molecule has 0 bridgehead atoms. The number of carbonyl (C=O) groups is 4. The summed E-state index contributed by atoms with van der Waals surface area (Å²) in [6, 6.07) is 7.95. The number of hydrogen-bond acceptors (Lipinski definition) is 6. The predicted molar refractivity (Wildman–Crippen MR) is 86.1 cm³/mol. The van der Waals surface area contributed by atoms with Crippen molar-refractivity contribution in [3.8, 4) is 0 Å². The second-order valence-corrected chi connectivity index (χ2v) is 5.86. The summed E-state index contributed by atoms with van der Waals surface area (Å²) in [5, 5.41) is 4.15. The summed E-state index contributed by atoms with van der Waals surface area (Å²) in [5.74, 6) is -2.16. The SMILES string of the molecule is COC(=O)c1sccc1NC(=O)CN1C(=O)c2ccccc2C1=O. The summed E-state index contributed by atoms with van der Waals surface area (Å²) < 4.78 is 4.63. The van der Waals surface area contributed by atoms with Gasteiger partial charge >= 0.3 is 5.97 Å². The Morgan fingerprint density at radius 2 is 1.75 bits per heavy atom. The summed E-state index contributed by atoms with van der Waals surface area (Å²) in [6.45, 7) is -0.428. The van der Waals surface area contributed by atoms with Crippen LogP contribution in [0.5, 0.6) is 0 Å². The molecule has 2 heterocycles. The normalized spacial score (nSPS) is 13.0. The third-order valence-electron chi connectivity index (χ3n) is 3.49. The predicted octanol–water partition coefficient (Wildman–Crippen LogP) is 1.77. The van der Waals surface area contributed by atoms with Crippen LogP contribution in [0.1, 0.15) is 30.4 Å². The number of imide groups is 1. The van der Waals surface area contributed by atoms with Crippen molar-refractivity contribution in [2.75, 3.05) is 19.0 Å². The Kier molecular flexibility index (Phi) is 4.13. The van der Waals surface area contributed by atoms with Crippen molar-refractivity contribution >= 4 is 40.7 Å². The molecular formula is C16H12N2O5S. The van der Waals surface area contributed by atoms with Crippen molar-refractivity contribution in [2.45, 2.75) is 0 Å². The van der Waals surface area contributed by atoms with E-state index in [0.29, 0.717) is 0 Å². The van der Waals surface area contributed by atoms with Crippen molar-refractivity contribution < 1.29 is 23.9 Å². The molecule has 0 saturated carbocycles. The van der Waals surface area contributed by atoms with Gasteiger partial charge in [0.1, 0.15) is 11.4 Å². The Bertz CT molecular complexity index is 823. The quantitative estimate of drug-likeness (QED) is 0.674. The van der Waals surface area contributed by atoms with Gasteiger partial charge in [-0.25, -0.2) is 4.79 Å². The summed E-state index contributed by atoms with van der Waals surface area (Å²) >= 11 is 1.12. The van der Waals surface area contributed by atoms with Gasteiger partial charge in [-0.2, -0.15) is 0 Å². The highest BCUT2D eigenvalue weighted by Gasteiger charge is 2.36. The van der Waals surface area contributed by atoms with Gasteiger partial charge in [0.05, 0.1) is 23.9 Å². The zero-order chi connectivity index (χ0) is 17.3. The molecule has 0 saturated heterocycles. The number of nitrogens with one attached hydrogen (secondary N) is 1. The van der Waals surface area contributed by atoms with Gasteiger partial charge in [0.15, 0.2) is 0 Å². The Balaban J connectivity index is 1.73. The fourth-order valence-corrected chi connectivity index (χ4v) is 3.14. The molecule has 24 heavy (non-hydrogen) atoms. The summed E-state index contributed by atoms with van der Waals surface area (Å²) in [4.78, 5) is 49.3. The van der Waals surface area contributed by atoms with Crippen LogP contribution in [-0.4, -0.2) is 42.2 Å². The van der Waals surface area contributed by atoms with Crippen molar-refractivity contribution in [2.24, 2.45) is 0 Å². The molecule has 1 aromatic heterocycles. The maximum atomic E-state index is 12.2. The van der Waals surface area contributed by atoms with Gasteiger partial charge in [0.25, 0.3) is 11.8 Å². The molecule has 7 nitrogen and oxygen atoms in total. The van der Waals surface area contributed by atoms with E-state index in [1.807, 2.05) is 0 Å². The highest BCUT2D eigenvalue weighted by atomic mass is 32.1. The third kappa shape index (κ3) is 2.67. The summed E-state index contributed by atoms with van der Waals surface area (Å²) in [7, 11) is 1.24. The largest absolute Gasteiger partial charge is 0.465 e.